The number of carbonyl (C=O) groups is 1. The largest absolute Gasteiger partial charge is 0.494 e. The van der Waals surface area contributed by atoms with Gasteiger partial charge in [-0.05, 0) is 37.5 Å². The van der Waals surface area contributed by atoms with E-state index in [0.29, 0.717) is 13.0 Å². The Morgan fingerprint density at radius 1 is 1.33 bits per heavy atom. The predicted molar refractivity (Wildman–Crippen MR) is 61.3 cm³/mol. The van der Waals surface area contributed by atoms with Gasteiger partial charge in [0.1, 0.15) is 11.5 Å². The quantitative estimate of drug-likeness (QED) is 0.739. The number of hydrogen-bond donors (Lipinski definition) is 0. The normalized spacial score (nSPS) is 12.2. The molecule has 1 aromatic carbocycles. The van der Waals surface area contributed by atoms with Gasteiger partial charge in [0.15, 0.2) is 0 Å². The Labute approximate surface area is 91.3 Å². The lowest BCUT2D eigenvalue weighted by atomic mass is 9.96. The van der Waals surface area contributed by atoms with Crippen LogP contribution in [0.15, 0.2) is 24.3 Å². The standard InChI is InChI=1S/C13H18O2/c1-4-15-13-7-5-12(6-8-13)10(2)9-11(3)14/h5-8,10H,4,9H2,1-3H3. The van der Waals surface area contributed by atoms with Crippen LogP contribution in [0.1, 0.15) is 38.7 Å². The molecule has 2 heteroatoms. The van der Waals surface area contributed by atoms with E-state index < -0.39 is 0 Å². The van der Waals surface area contributed by atoms with E-state index in [9.17, 15) is 4.79 Å². The molecule has 2 nitrogen and oxygen atoms in total. The zero-order valence-corrected chi connectivity index (χ0v) is 9.62. The van der Waals surface area contributed by atoms with Crippen LogP contribution in [0.3, 0.4) is 0 Å². The number of hydrogen-bond acceptors (Lipinski definition) is 2. The van der Waals surface area contributed by atoms with Crippen LogP contribution in [0.5, 0.6) is 5.75 Å². The first-order valence-electron chi connectivity index (χ1n) is 5.35. The summed E-state index contributed by atoms with van der Waals surface area (Å²) in [6.45, 7) is 6.34. The number of Topliss-reactive ketones (excluding diaryl/α,β-unsaturated/α-hetero) is 1. The molecule has 0 amide bonds. The smallest absolute Gasteiger partial charge is 0.130 e. The second-order valence-electron chi connectivity index (χ2n) is 3.81. The van der Waals surface area contributed by atoms with E-state index in [1.807, 2.05) is 31.2 Å². The molecule has 1 rings (SSSR count). The van der Waals surface area contributed by atoms with Gasteiger partial charge in [0.25, 0.3) is 0 Å². The maximum absolute atomic E-state index is 11.0. The summed E-state index contributed by atoms with van der Waals surface area (Å²) in [5.41, 5.74) is 1.19. The molecule has 0 aliphatic rings. The highest BCUT2D eigenvalue weighted by atomic mass is 16.5. The van der Waals surface area contributed by atoms with Crippen molar-refractivity contribution in [2.24, 2.45) is 0 Å². The highest BCUT2D eigenvalue weighted by Gasteiger charge is 2.07. The van der Waals surface area contributed by atoms with Crippen LogP contribution in [-0.4, -0.2) is 12.4 Å². The maximum Gasteiger partial charge on any atom is 0.130 e. The van der Waals surface area contributed by atoms with E-state index in [1.54, 1.807) is 6.92 Å². The Kier molecular flexibility index (Phi) is 4.35. The molecule has 0 spiro atoms. The van der Waals surface area contributed by atoms with Gasteiger partial charge in [0, 0.05) is 6.42 Å². The van der Waals surface area contributed by atoms with Crippen LogP contribution >= 0.6 is 0 Å². The number of ether oxygens (including phenoxy) is 1. The minimum Gasteiger partial charge on any atom is -0.494 e. The summed E-state index contributed by atoms with van der Waals surface area (Å²) in [4.78, 5) is 11.0. The van der Waals surface area contributed by atoms with E-state index in [2.05, 4.69) is 6.92 Å². The third kappa shape index (κ3) is 3.74. The summed E-state index contributed by atoms with van der Waals surface area (Å²) in [7, 11) is 0. The van der Waals surface area contributed by atoms with Gasteiger partial charge < -0.3 is 9.53 Å². The molecule has 0 aliphatic heterocycles. The minimum absolute atomic E-state index is 0.233. The number of rotatable bonds is 5. The molecule has 1 atom stereocenters. The second kappa shape index (κ2) is 5.54. The van der Waals surface area contributed by atoms with Crippen LogP contribution in [0, 0.1) is 0 Å². The van der Waals surface area contributed by atoms with Crippen molar-refractivity contribution in [2.75, 3.05) is 6.61 Å². The Hall–Kier alpha value is -1.31. The monoisotopic (exact) mass is 206 g/mol. The fourth-order valence-corrected chi connectivity index (χ4v) is 1.61. The first-order valence-corrected chi connectivity index (χ1v) is 5.35. The molecule has 0 N–H and O–H groups in total. The van der Waals surface area contributed by atoms with Gasteiger partial charge in [-0.1, -0.05) is 19.1 Å². The molecule has 0 fully saturated rings. The van der Waals surface area contributed by atoms with Crippen LogP contribution < -0.4 is 4.74 Å². The summed E-state index contributed by atoms with van der Waals surface area (Å²) in [5.74, 6) is 1.41. The summed E-state index contributed by atoms with van der Waals surface area (Å²) in [5, 5.41) is 0. The van der Waals surface area contributed by atoms with E-state index in [1.165, 1.54) is 5.56 Å². The van der Waals surface area contributed by atoms with Gasteiger partial charge in [0.2, 0.25) is 0 Å². The van der Waals surface area contributed by atoms with E-state index >= 15 is 0 Å². The summed E-state index contributed by atoms with van der Waals surface area (Å²) in [6.07, 6.45) is 0.605. The van der Waals surface area contributed by atoms with Crippen molar-refractivity contribution in [3.05, 3.63) is 29.8 Å². The molecular weight excluding hydrogens is 188 g/mol. The van der Waals surface area contributed by atoms with Crippen LogP contribution in [0.2, 0.25) is 0 Å². The molecule has 0 saturated heterocycles. The molecular formula is C13H18O2. The van der Waals surface area contributed by atoms with Gasteiger partial charge in [0.05, 0.1) is 6.61 Å². The van der Waals surface area contributed by atoms with Gasteiger partial charge in [-0.3, -0.25) is 0 Å². The minimum atomic E-state index is 0.233. The Morgan fingerprint density at radius 2 is 1.93 bits per heavy atom. The van der Waals surface area contributed by atoms with Crippen molar-refractivity contribution in [3.8, 4) is 5.75 Å². The zero-order valence-electron chi connectivity index (χ0n) is 9.62. The lowest BCUT2D eigenvalue weighted by Gasteiger charge is -2.10. The van der Waals surface area contributed by atoms with E-state index in [0.717, 1.165) is 5.75 Å². The average Bonchev–Trinajstić information content (AvgIpc) is 2.18. The van der Waals surface area contributed by atoms with Crippen molar-refractivity contribution < 1.29 is 9.53 Å². The Morgan fingerprint density at radius 3 is 2.40 bits per heavy atom. The van der Waals surface area contributed by atoms with Gasteiger partial charge in [-0.15, -0.1) is 0 Å². The summed E-state index contributed by atoms with van der Waals surface area (Å²) in [6, 6.07) is 7.96. The van der Waals surface area contributed by atoms with Crippen LogP contribution in [0.4, 0.5) is 0 Å². The molecule has 0 saturated carbocycles. The average molecular weight is 206 g/mol. The van der Waals surface area contributed by atoms with Crippen LogP contribution in [-0.2, 0) is 4.79 Å². The lowest BCUT2D eigenvalue weighted by molar-refractivity contribution is -0.117. The van der Waals surface area contributed by atoms with Gasteiger partial charge in [-0.25, -0.2) is 0 Å². The van der Waals surface area contributed by atoms with E-state index in [-0.39, 0.29) is 11.7 Å². The first kappa shape index (κ1) is 11.8. The predicted octanol–water partition coefficient (Wildman–Crippen LogP) is 3.17. The molecule has 0 heterocycles. The number of benzene rings is 1. The topological polar surface area (TPSA) is 26.3 Å². The number of ketones is 1. The van der Waals surface area contributed by atoms with Crippen molar-refractivity contribution in [1.29, 1.82) is 0 Å². The van der Waals surface area contributed by atoms with E-state index in [4.69, 9.17) is 4.74 Å². The molecule has 0 bridgehead atoms. The fraction of sp³-hybridized carbons (Fsp3) is 0.462. The number of carbonyl (C=O) groups excluding carboxylic acids is 1. The third-order valence-electron chi connectivity index (χ3n) is 2.35. The SMILES string of the molecule is CCOc1ccc(C(C)CC(C)=O)cc1. The Bertz CT molecular complexity index is 314. The third-order valence-corrected chi connectivity index (χ3v) is 2.35. The molecule has 82 valence electrons. The molecule has 1 aromatic rings. The summed E-state index contributed by atoms with van der Waals surface area (Å²) < 4.78 is 5.35. The second-order valence-corrected chi connectivity index (χ2v) is 3.81. The molecule has 0 aliphatic carbocycles. The molecule has 15 heavy (non-hydrogen) atoms. The van der Waals surface area contributed by atoms with Crippen molar-refractivity contribution in [3.63, 3.8) is 0 Å². The maximum atomic E-state index is 11.0. The van der Waals surface area contributed by atoms with Crippen molar-refractivity contribution in [1.82, 2.24) is 0 Å². The lowest BCUT2D eigenvalue weighted by Crippen LogP contribution is -2.00. The summed E-state index contributed by atoms with van der Waals surface area (Å²) >= 11 is 0. The first-order chi connectivity index (χ1) is 7.13. The van der Waals surface area contributed by atoms with Crippen LogP contribution in [0.25, 0.3) is 0 Å². The van der Waals surface area contributed by atoms with Gasteiger partial charge in [-0.2, -0.15) is 0 Å². The van der Waals surface area contributed by atoms with Crippen molar-refractivity contribution in [2.45, 2.75) is 33.1 Å². The molecule has 0 radical (unpaired) electrons. The highest BCUT2D eigenvalue weighted by Crippen LogP contribution is 2.21. The molecule has 0 aromatic heterocycles. The fourth-order valence-electron chi connectivity index (χ4n) is 1.61. The zero-order chi connectivity index (χ0) is 11.3. The van der Waals surface area contributed by atoms with Gasteiger partial charge >= 0.3 is 0 Å². The highest BCUT2D eigenvalue weighted by molar-refractivity contribution is 5.76. The molecule has 1 unspecified atom stereocenters. The Balaban J connectivity index is 2.66. The van der Waals surface area contributed by atoms with Crippen molar-refractivity contribution >= 4 is 5.78 Å².